The molecule has 0 aromatic carbocycles. The second-order valence-corrected chi connectivity index (χ2v) is 5.90. The Morgan fingerprint density at radius 3 is 2.85 bits per heavy atom. The molecule has 0 aliphatic heterocycles. The van der Waals surface area contributed by atoms with Gasteiger partial charge in [0.15, 0.2) is 5.65 Å². The molecule has 1 atom stereocenters. The maximum absolute atomic E-state index is 6.10. The van der Waals surface area contributed by atoms with Crippen LogP contribution in [-0.4, -0.2) is 24.3 Å². The van der Waals surface area contributed by atoms with Crippen molar-refractivity contribution in [2.24, 2.45) is 7.05 Å². The van der Waals surface area contributed by atoms with Crippen LogP contribution in [0.4, 0.5) is 0 Å². The van der Waals surface area contributed by atoms with E-state index in [-0.39, 0.29) is 6.04 Å². The Balaban J connectivity index is 2.27. The standard InChI is InChI=1S/C13H16ClN5S/c1-4-9(12-15-5-6-20-12)19-10(7-14)16-11-8(2)17-18(3)13(11)19/h5-6,9H,4,7H2,1-3H3. The summed E-state index contributed by atoms with van der Waals surface area (Å²) in [5, 5.41) is 7.54. The quantitative estimate of drug-likeness (QED) is 0.695. The Bertz CT molecular complexity index is 728. The third-order valence-corrected chi connectivity index (χ3v) is 4.58. The van der Waals surface area contributed by atoms with Crippen LogP contribution in [0.15, 0.2) is 11.6 Å². The number of imidazole rings is 1. The zero-order valence-electron chi connectivity index (χ0n) is 11.7. The van der Waals surface area contributed by atoms with Crippen molar-refractivity contribution < 1.29 is 0 Å². The number of aromatic nitrogens is 5. The van der Waals surface area contributed by atoms with Crippen LogP contribution in [-0.2, 0) is 12.9 Å². The van der Waals surface area contributed by atoms with Gasteiger partial charge in [-0.3, -0.25) is 4.68 Å². The molecule has 0 fully saturated rings. The van der Waals surface area contributed by atoms with Gasteiger partial charge in [0.2, 0.25) is 0 Å². The SMILES string of the molecule is CCC(c1nccs1)n1c(CCl)nc2c(C)nn(C)c21. The van der Waals surface area contributed by atoms with Gasteiger partial charge in [0.1, 0.15) is 16.3 Å². The topological polar surface area (TPSA) is 48.5 Å². The third-order valence-electron chi connectivity index (χ3n) is 3.46. The molecule has 106 valence electrons. The van der Waals surface area contributed by atoms with Crippen LogP contribution in [0.25, 0.3) is 11.2 Å². The molecular formula is C13H16ClN5S. The highest BCUT2D eigenvalue weighted by atomic mass is 35.5. The van der Waals surface area contributed by atoms with Crippen LogP contribution in [0.2, 0.25) is 0 Å². The molecule has 3 heterocycles. The Hall–Kier alpha value is -1.40. The molecule has 3 aromatic rings. The molecule has 3 aromatic heterocycles. The Labute approximate surface area is 126 Å². The molecule has 20 heavy (non-hydrogen) atoms. The first-order valence-electron chi connectivity index (χ1n) is 6.53. The monoisotopic (exact) mass is 309 g/mol. The van der Waals surface area contributed by atoms with Gasteiger partial charge in [-0.2, -0.15) is 5.10 Å². The zero-order valence-corrected chi connectivity index (χ0v) is 13.2. The van der Waals surface area contributed by atoms with Crippen molar-refractivity contribution in [3.05, 3.63) is 28.1 Å². The van der Waals surface area contributed by atoms with E-state index in [4.69, 9.17) is 11.6 Å². The number of hydrogen-bond acceptors (Lipinski definition) is 4. The Kier molecular flexibility index (Phi) is 3.52. The minimum Gasteiger partial charge on any atom is -0.302 e. The van der Waals surface area contributed by atoms with E-state index >= 15 is 0 Å². The maximum Gasteiger partial charge on any atom is 0.159 e. The summed E-state index contributed by atoms with van der Waals surface area (Å²) in [6.07, 6.45) is 2.78. The van der Waals surface area contributed by atoms with Gasteiger partial charge in [-0.25, -0.2) is 9.97 Å². The molecule has 5 nitrogen and oxygen atoms in total. The molecule has 0 saturated carbocycles. The fourth-order valence-electron chi connectivity index (χ4n) is 2.63. The molecule has 0 saturated heterocycles. The average Bonchev–Trinajstić information content (AvgIpc) is 3.11. The maximum atomic E-state index is 6.10. The summed E-state index contributed by atoms with van der Waals surface area (Å²) in [5.74, 6) is 1.26. The fraction of sp³-hybridized carbons (Fsp3) is 0.462. The number of hydrogen-bond donors (Lipinski definition) is 0. The molecule has 7 heteroatoms. The van der Waals surface area contributed by atoms with Crippen molar-refractivity contribution in [1.29, 1.82) is 0 Å². The molecular weight excluding hydrogens is 294 g/mol. The van der Waals surface area contributed by atoms with Gasteiger partial charge in [0.25, 0.3) is 0 Å². The predicted molar refractivity (Wildman–Crippen MR) is 81.3 cm³/mol. The summed E-state index contributed by atoms with van der Waals surface area (Å²) in [4.78, 5) is 9.11. The van der Waals surface area contributed by atoms with Crippen molar-refractivity contribution in [3.8, 4) is 0 Å². The normalized spacial score (nSPS) is 13.2. The number of fused-ring (bicyclic) bond motifs is 1. The fourth-order valence-corrected chi connectivity index (χ4v) is 3.63. The molecule has 0 aliphatic carbocycles. The summed E-state index contributed by atoms with van der Waals surface area (Å²) >= 11 is 7.76. The summed E-state index contributed by atoms with van der Waals surface area (Å²) in [6, 6.07) is 0.156. The van der Waals surface area contributed by atoms with Crippen molar-refractivity contribution in [2.75, 3.05) is 0 Å². The summed E-state index contributed by atoms with van der Waals surface area (Å²) in [6.45, 7) is 4.13. The predicted octanol–water partition coefficient (Wildman–Crippen LogP) is 3.27. The first kappa shape index (κ1) is 13.6. The second-order valence-electron chi connectivity index (χ2n) is 4.71. The van der Waals surface area contributed by atoms with Crippen LogP contribution in [0.5, 0.6) is 0 Å². The largest absolute Gasteiger partial charge is 0.302 e. The van der Waals surface area contributed by atoms with Gasteiger partial charge >= 0.3 is 0 Å². The molecule has 1 unspecified atom stereocenters. The minimum absolute atomic E-state index is 0.156. The molecule has 0 bridgehead atoms. The van der Waals surface area contributed by atoms with Crippen LogP contribution in [0.1, 0.15) is 35.9 Å². The number of nitrogens with zero attached hydrogens (tertiary/aromatic N) is 5. The van der Waals surface area contributed by atoms with Crippen molar-refractivity contribution in [1.82, 2.24) is 24.3 Å². The second kappa shape index (κ2) is 5.18. The molecule has 0 aliphatic rings. The van der Waals surface area contributed by atoms with E-state index in [1.807, 2.05) is 30.2 Å². The van der Waals surface area contributed by atoms with E-state index in [0.29, 0.717) is 5.88 Å². The van der Waals surface area contributed by atoms with Crippen LogP contribution in [0, 0.1) is 6.92 Å². The van der Waals surface area contributed by atoms with E-state index in [2.05, 4.69) is 26.6 Å². The van der Waals surface area contributed by atoms with Gasteiger partial charge in [0.05, 0.1) is 17.6 Å². The van der Waals surface area contributed by atoms with E-state index < -0.39 is 0 Å². The van der Waals surface area contributed by atoms with E-state index in [1.54, 1.807) is 11.3 Å². The molecule has 0 spiro atoms. The summed E-state index contributed by atoms with van der Waals surface area (Å²) in [7, 11) is 1.94. The van der Waals surface area contributed by atoms with E-state index in [0.717, 1.165) is 34.1 Å². The average molecular weight is 310 g/mol. The molecule has 3 rings (SSSR count). The van der Waals surface area contributed by atoms with Crippen LogP contribution >= 0.6 is 22.9 Å². The molecule has 0 N–H and O–H groups in total. The highest BCUT2D eigenvalue weighted by Crippen LogP contribution is 2.31. The van der Waals surface area contributed by atoms with Gasteiger partial charge < -0.3 is 4.57 Å². The van der Waals surface area contributed by atoms with Crippen molar-refractivity contribution in [3.63, 3.8) is 0 Å². The lowest BCUT2D eigenvalue weighted by molar-refractivity contribution is 0.547. The Morgan fingerprint density at radius 2 is 2.25 bits per heavy atom. The number of alkyl halides is 1. The van der Waals surface area contributed by atoms with Gasteiger partial charge in [-0.15, -0.1) is 22.9 Å². The first-order chi connectivity index (χ1) is 9.67. The Morgan fingerprint density at radius 1 is 1.45 bits per heavy atom. The summed E-state index contributed by atoms with van der Waals surface area (Å²) < 4.78 is 4.06. The van der Waals surface area contributed by atoms with Crippen molar-refractivity contribution in [2.45, 2.75) is 32.2 Å². The molecule has 0 amide bonds. The highest BCUT2D eigenvalue weighted by Gasteiger charge is 2.24. The van der Waals surface area contributed by atoms with Crippen LogP contribution in [0.3, 0.4) is 0 Å². The van der Waals surface area contributed by atoms with E-state index in [1.165, 1.54) is 0 Å². The lowest BCUT2D eigenvalue weighted by Crippen LogP contribution is -2.14. The first-order valence-corrected chi connectivity index (χ1v) is 7.94. The minimum atomic E-state index is 0.156. The zero-order chi connectivity index (χ0) is 14.3. The lowest BCUT2D eigenvalue weighted by Gasteiger charge is -2.17. The molecule has 0 radical (unpaired) electrons. The van der Waals surface area contributed by atoms with Gasteiger partial charge in [0, 0.05) is 18.6 Å². The number of aryl methyl sites for hydroxylation is 2. The van der Waals surface area contributed by atoms with Gasteiger partial charge in [-0.05, 0) is 13.3 Å². The lowest BCUT2D eigenvalue weighted by atomic mass is 10.2. The number of halogens is 1. The van der Waals surface area contributed by atoms with Crippen molar-refractivity contribution >= 4 is 34.1 Å². The van der Waals surface area contributed by atoms with E-state index in [9.17, 15) is 0 Å². The van der Waals surface area contributed by atoms with Crippen LogP contribution < -0.4 is 0 Å². The number of thiazole rings is 1. The summed E-state index contributed by atoms with van der Waals surface area (Å²) in [5.41, 5.74) is 2.87. The highest BCUT2D eigenvalue weighted by molar-refractivity contribution is 7.09. The van der Waals surface area contributed by atoms with Gasteiger partial charge in [-0.1, -0.05) is 6.92 Å². The number of rotatable bonds is 4. The smallest absolute Gasteiger partial charge is 0.159 e. The third kappa shape index (κ3) is 1.94.